The van der Waals surface area contributed by atoms with Crippen molar-refractivity contribution < 1.29 is 0 Å². The lowest BCUT2D eigenvalue weighted by atomic mass is 9.90. The summed E-state index contributed by atoms with van der Waals surface area (Å²) in [6, 6.07) is 18.2. The Bertz CT molecular complexity index is 1810. The van der Waals surface area contributed by atoms with Gasteiger partial charge < -0.3 is 4.98 Å². The molecule has 0 bridgehead atoms. The molecule has 0 saturated heterocycles. The van der Waals surface area contributed by atoms with E-state index in [2.05, 4.69) is 189 Å². The molecular formula is C46H54NP. The largest absolute Gasteiger partial charge is 0.364 e. The van der Waals surface area contributed by atoms with Gasteiger partial charge in [0.25, 0.3) is 0 Å². The molecule has 1 aliphatic carbocycles. The quantitative estimate of drug-likeness (QED) is 0.114. The van der Waals surface area contributed by atoms with E-state index in [1.165, 1.54) is 66.7 Å². The van der Waals surface area contributed by atoms with Crippen molar-refractivity contribution >= 4 is 26.0 Å². The SMILES string of the molecule is C/C=C\C1=C(/C)c2cc(-c3c[nH]c(C/C=C(\C=C/CC)c4cccc(/C(C)=C(P)\C=C\C(C)/C=C\CC)c4)c3)ccc2C/C=C\C=C/C1. The average molecular weight is 652 g/mol. The van der Waals surface area contributed by atoms with Gasteiger partial charge in [0, 0.05) is 18.3 Å². The van der Waals surface area contributed by atoms with Crippen molar-refractivity contribution in [1.29, 1.82) is 0 Å². The first-order valence-electron chi connectivity index (χ1n) is 17.6. The summed E-state index contributed by atoms with van der Waals surface area (Å²) in [7, 11) is 2.94. The van der Waals surface area contributed by atoms with Gasteiger partial charge in [0.05, 0.1) is 0 Å². The number of hydrogen-bond donors (Lipinski definition) is 1. The smallest absolute Gasteiger partial charge is 0.0192 e. The van der Waals surface area contributed by atoms with Gasteiger partial charge >= 0.3 is 0 Å². The number of allylic oxidation sites excluding steroid dienone is 18. The zero-order valence-corrected chi connectivity index (χ0v) is 31.0. The normalized spacial score (nSPS) is 18.5. The Morgan fingerprint density at radius 2 is 1.67 bits per heavy atom. The van der Waals surface area contributed by atoms with Gasteiger partial charge in [0.2, 0.25) is 0 Å². The van der Waals surface area contributed by atoms with E-state index >= 15 is 0 Å². The van der Waals surface area contributed by atoms with Crippen LogP contribution in [0.25, 0.3) is 27.8 Å². The van der Waals surface area contributed by atoms with E-state index in [0.717, 1.165) is 32.1 Å². The third kappa shape index (κ3) is 10.4. The summed E-state index contributed by atoms with van der Waals surface area (Å²) in [5.41, 5.74) is 14.1. The molecule has 0 fully saturated rings. The second-order valence-electron chi connectivity index (χ2n) is 12.6. The summed E-state index contributed by atoms with van der Waals surface area (Å²) in [5, 5.41) is 1.22. The van der Waals surface area contributed by atoms with Crippen LogP contribution in [-0.2, 0) is 12.8 Å². The number of aromatic nitrogens is 1. The van der Waals surface area contributed by atoms with E-state index in [-0.39, 0.29) is 0 Å². The fourth-order valence-corrected chi connectivity index (χ4v) is 6.20. The van der Waals surface area contributed by atoms with Gasteiger partial charge in [-0.1, -0.05) is 130 Å². The van der Waals surface area contributed by atoms with Gasteiger partial charge in [0.15, 0.2) is 0 Å². The molecule has 1 heterocycles. The molecule has 2 heteroatoms. The van der Waals surface area contributed by atoms with E-state index < -0.39 is 0 Å². The van der Waals surface area contributed by atoms with Gasteiger partial charge in [0.1, 0.15) is 0 Å². The van der Waals surface area contributed by atoms with Gasteiger partial charge in [-0.15, -0.1) is 9.24 Å². The van der Waals surface area contributed by atoms with Crippen LogP contribution in [0.5, 0.6) is 0 Å². The highest BCUT2D eigenvalue weighted by Crippen LogP contribution is 2.32. The standard InChI is InChI=1S/C46H54NP/c1-7-10-18-34(4)24-29-46(48)36(6)40-22-16-23-41(30-40)38(19-11-8-2)27-28-44-31-43(33-47-44)42-26-25-39-21-15-13-12-14-20-37(17-9-3)35(5)45(39)32-42/h9-19,22-27,29-34,47H,7-8,20-21,28,48H2,1-6H3/b14-12-,15-13-,17-9-,18-10-,19-11-,29-24+,37-35-,38-27+,46-36+. The summed E-state index contributed by atoms with van der Waals surface area (Å²) >= 11 is 0. The van der Waals surface area contributed by atoms with Crippen LogP contribution >= 0.6 is 9.24 Å². The number of rotatable bonds is 12. The number of H-pyrrole nitrogens is 1. The first-order chi connectivity index (χ1) is 23.3. The van der Waals surface area contributed by atoms with Crippen molar-refractivity contribution in [2.75, 3.05) is 0 Å². The van der Waals surface area contributed by atoms with Crippen molar-refractivity contribution in [2.45, 2.75) is 73.6 Å². The topological polar surface area (TPSA) is 15.8 Å². The van der Waals surface area contributed by atoms with Gasteiger partial charge in [-0.05, 0) is 132 Å². The van der Waals surface area contributed by atoms with Crippen molar-refractivity contribution in [3.8, 4) is 11.1 Å². The van der Waals surface area contributed by atoms with Crippen molar-refractivity contribution in [1.82, 2.24) is 4.98 Å². The molecule has 3 aromatic rings. The van der Waals surface area contributed by atoms with Crippen molar-refractivity contribution in [3.63, 3.8) is 0 Å². The van der Waals surface area contributed by atoms with E-state index in [1.807, 2.05) is 0 Å². The Balaban J connectivity index is 1.60. The molecule has 2 aromatic carbocycles. The summed E-state index contributed by atoms with van der Waals surface area (Å²) in [5.74, 6) is 0.421. The van der Waals surface area contributed by atoms with Crippen LogP contribution in [-0.4, -0.2) is 4.98 Å². The predicted molar refractivity (Wildman–Crippen MR) is 218 cm³/mol. The van der Waals surface area contributed by atoms with E-state index in [9.17, 15) is 0 Å². The van der Waals surface area contributed by atoms with Crippen LogP contribution in [0.1, 0.15) is 88.8 Å². The fourth-order valence-electron chi connectivity index (χ4n) is 5.92. The van der Waals surface area contributed by atoms with Crippen LogP contribution in [0.3, 0.4) is 0 Å². The first kappa shape index (κ1) is 36.6. The molecule has 1 N–H and O–H groups in total. The fraction of sp³-hybridized carbons (Fsp3) is 0.261. The van der Waals surface area contributed by atoms with Gasteiger partial charge in [-0.25, -0.2) is 0 Å². The molecule has 0 aliphatic heterocycles. The molecule has 0 radical (unpaired) electrons. The average Bonchev–Trinajstić information content (AvgIpc) is 3.59. The maximum atomic E-state index is 3.57. The lowest BCUT2D eigenvalue weighted by molar-refractivity contribution is 0.930. The molecule has 0 saturated carbocycles. The third-order valence-corrected chi connectivity index (χ3v) is 9.52. The lowest BCUT2D eigenvalue weighted by Crippen LogP contribution is -1.95. The zero-order valence-electron chi connectivity index (χ0n) is 29.9. The highest BCUT2D eigenvalue weighted by molar-refractivity contribution is 7.23. The molecule has 48 heavy (non-hydrogen) atoms. The zero-order chi connectivity index (χ0) is 34.3. The molecule has 1 nitrogen and oxygen atoms in total. The third-order valence-electron chi connectivity index (χ3n) is 8.89. The molecule has 1 aliphatic rings. The Morgan fingerprint density at radius 1 is 0.896 bits per heavy atom. The second kappa shape index (κ2) is 19.0. The molecule has 2 unspecified atom stereocenters. The maximum Gasteiger partial charge on any atom is 0.0192 e. The second-order valence-corrected chi connectivity index (χ2v) is 13.2. The Labute approximate surface area is 293 Å². The van der Waals surface area contributed by atoms with Gasteiger partial charge in [-0.2, -0.15) is 0 Å². The highest BCUT2D eigenvalue weighted by atomic mass is 31.0. The monoisotopic (exact) mass is 651 g/mol. The lowest BCUT2D eigenvalue weighted by Gasteiger charge is -2.15. The Kier molecular flexibility index (Phi) is 14.5. The molecule has 248 valence electrons. The highest BCUT2D eigenvalue weighted by Gasteiger charge is 2.12. The Hall–Kier alpha value is -4.19. The first-order valence-corrected chi connectivity index (χ1v) is 18.2. The minimum absolute atomic E-state index is 0.421. The summed E-state index contributed by atoms with van der Waals surface area (Å²) in [4.78, 5) is 3.57. The van der Waals surface area contributed by atoms with Crippen molar-refractivity contribution in [3.05, 3.63) is 173 Å². The maximum absolute atomic E-state index is 3.57. The Morgan fingerprint density at radius 3 is 2.44 bits per heavy atom. The summed E-state index contributed by atoms with van der Waals surface area (Å²) in [6.45, 7) is 13.2. The summed E-state index contributed by atoms with van der Waals surface area (Å²) < 4.78 is 0. The number of aromatic amines is 1. The molecule has 1 aromatic heterocycles. The number of nitrogens with one attached hydrogen (secondary N) is 1. The molecule has 0 spiro atoms. The number of fused-ring (bicyclic) bond motifs is 1. The minimum atomic E-state index is 0.421. The van der Waals surface area contributed by atoms with Crippen molar-refractivity contribution in [2.24, 2.45) is 5.92 Å². The molecular weight excluding hydrogens is 597 g/mol. The van der Waals surface area contributed by atoms with Crippen LogP contribution in [0.2, 0.25) is 0 Å². The number of benzene rings is 2. The van der Waals surface area contributed by atoms with Crippen LogP contribution in [0.4, 0.5) is 0 Å². The summed E-state index contributed by atoms with van der Waals surface area (Å²) in [6.07, 6.45) is 36.0. The van der Waals surface area contributed by atoms with Gasteiger partial charge in [-0.3, -0.25) is 0 Å². The van der Waals surface area contributed by atoms with E-state index in [4.69, 9.17) is 0 Å². The molecule has 2 atom stereocenters. The molecule has 0 amide bonds. The van der Waals surface area contributed by atoms with E-state index in [0.29, 0.717) is 5.92 Å². The predicted octanol–water partition coefficient (Wildman–Crippen LogP) is 13.4. The molecule has 4 rings (SSSR count). The number of hydrogen-bond acceptors (Lipinski definition) is 0. The van der Waals surface area contributed by atoms with Crippen LogP contribution in [0, 0.1) is 5.92 Å². The van der Waals surface area contributed by atoms with Crippen LogP contribution in [0.15, 0.2) is 145 Å². The minimum Gasteiger partial charge on any atom is -0.364 e. The van der Waals surface area contributed by atoms with E-state index in [1.54, 1.807) is 0 Å². The van der Waals surface area contributed by atoms with Crippen LogP contribution < -0.4 is 0 Å².